The van der Waals surface area contributed by atoms with Crippen molar-refractivity contribution in [3.63, 3.8) is 0 Å². The number of Topliss-reactive ketones (excluding diaryl/α,β-unsaturated/α-hetero) is 1. The molecule has 0 aliphatic carbocycles. The van der Waals surface area contributed by atoms with Gasteiger partial charge >= 0.3 is 5.97 Å². The van der Waals surface area contributed by atoms with Crippen molar-refractivity contribution in [3.8, 4) is 11.5 Å². The topological polar surface area (TPSA) is 97.9 Å². The van der Waals surface area contributed by atoms with Gasteiger partial charge in [0.15, 0.2) is 23.9 Å². The van der Waals surface area contributed by atoms with Gasteiger partial charge < -0.3 is 24.3 Å². The van der Waals surface area contributed by atoms with Crippen molar-refractivity contribution in [2.24, 2.45) is 0 Å². The van der Waals surface area contributed by atoms with Crippen LogP contribution in [0.3, 0.4) is 0 Å². The second kappa shape index (κ2) is 7.21. The number of nitrogens with one attached hydrogen (secondary N) is 1. The fraction of sp³-hybridized carbons (Fsp3) is 0.368. The third-order valence-corrected chi connectivity index (χ3v) is 4.32. The molecule has 7 heteroatoms. The van der Waals surface area contributed by atoms with E-state index in [1.54, 1.807) is 39.0 Å². The Morgan fingerprint density at radius 3 is 2.58 bits per heavy atom. The number of carbonyl (C=O) groups excluding carboxylic acids is 2. The summed E-state index contributed by atoms with van der Waals surface area (Å²) in [4.78, 5) is 27.5. The van der Waals surface area contributed by atoms with Crippen LogP contribution in [-0.2, 0) is 4.74 Å². The molecule has 0 fully saturated rings. The van der Waals surface area contributed by atoms with Crippen LogP contribution in [0.2, 0.25) is 0 Å². The van der Waals surface area contributed by atoms with Crippen LogP contribution in [0.15, 0.2) is 18.2 Å². The van der Waals surface area contributed by atoms with Crippen molar-refractivity contribution in [2.75, 3.05) is 19.8 Å². The number of rotatable bonds is 5. The van der Waals surface area contributed by atoms with Crippen LogP contribution in [0.25, 0.3) is 0 Å². The Morgan fingerprint density at radius 1 is 1.23 bits per heavy atom. The van der Waals surface area contributed by atoms with Gasteiger partial charge in [-0.25, -0.2) is 4.79 Å². The first-order chi connectivity index (χ1) is 12.4. The smallest absolute Gasteiger partial charge is 0.355 e. The number of aliphatic hydroxyl groups excluding tert-OH is 1. The highest BCUT2D eigenvalue weighted by Crippen LogP contribution is 2.31. The third kappa shape index (κ3) is 3.43. The largest absolute Gasteiger partial charge is 0.486 e. The lowest BCUT2D eigenvalue weighted by molar-refractivity contribution is 0.0468. The molecule has 1 aromatic heterocycles. The molecule has 138 valence electrons. The number of aromatic amines is 1. The van der Waals surface area contributed by atoms with Gasteiger partial charge in [-0.15, -0.1) is 0 Å². The van der Waals surface area contributed by atoms with Crippen molar-refractivity contribution in [1.82, 2.24) is 4.98 Å². The molecule has 7 nitrogen and oxygen atoms in total. The van der Waals surface area contributed by atoms with Crippen LogP contribution >= 0.6 is 0 Å². The molecule has 3 rings (SSSR count). The van der Waals surface area contributed by atoms with Crippen molar-refractivity contribution < 1.29 is 28.9 Å². The molecular weight excluding hydrogens is 338 g/mol. The molecule has 0 amide bonds. The van der Waals surface area contributed by atoms with Gasteiger partial charge in [-0.3, -0.25) is 4.79 Å². The summed E-state index contributed by atoms with van der Waals surface area (Å²) in [6, 6.07) is 4.86. The van der Waals surface area contributed by atoms with E-state index in [9.17, 15) is 14.7 Å². The summed E-state index contributed by atoms with van der Waals surface area (Å²) in [5.41, 5.74) is 2.60. The standard InChI is InChI=1S/C19H21NO6/c1-10-17(12(3)21)11(2)20-18(10)19(23)26-9-14(22)13-4-5-15-16(8-13)25-7-6-24-15/h4-5,8,12,20-21H,6-7,9H2,1-3H3/t12-/m0/s1. The zero-order valence-electron chi connectivity index (χ0n) is 14.9. The molecule has 1 aromatic carbocycles. The van der Waals surface area contributed by atoms with Gasteiger partial charge in [-0.2, -0.15) is 0 Å². The van der Waals surface area contributed by atoms with Crippen LogP contribution in [0.4, 0.5) is 0 Å². The lowest BCUT2D eigenvalue weighted by Crippen LogP contribution is -2.17. The number of aliphatic hydroxyl groups is 1. The van der Waals surface area contributed by atoms with E-state index in [1.165, 1.54) is 0 Å². The van der Waals surface area contributed by atoms with Gasteiger partial charge in [0.05, 0.1) is 6.10 Å². The monoisotopic (exact) mass is 359 g/mol. The van der Waals surface area contributed by atoms with Gasteiger partial charge in [-0.05, 0) is 44.5 Å². The molecule has 2 aromatic rings. The van der Waals surface area contributed by atoms with E-state index in [-0.39, 0.29) is 18.1 Å². The van der Waals surface area contributed by atoms with E-state index < -0.39 is 12.1 Å². The Labute approximate surface area is 150 Å². The van der Waals surface area contributed by atoms with Crippen molar-refractivity contribution in [1.29, 1.82) is 0 Å². The number of esters is 1. The minimum atomic E-state index is -0.702. The Bertz CT molecular complexity index is 852. The average Bonchev–Trinajstić information content (AvgIpc) is 2.93. The molecule has 1 aliphatic rings. The number of H-pyrrole nitrogens is 1. The molecule has 26 heavy (non-hydrogen) atoms. The number of aryl methyl sites for hydroxylation is 1. The number of ketones is 1. The van der Waals surface area contributed by atoms with E-state index >= 15 is 0 Å². The van der Waals surface area contributed by atoms with Crippen LogP contribution in [0.5, 0.6) is 11.5 Å². The summed E-state index contributed by atoms with van der Waals surface area (Å²) in [6.45, 7) is 5.64. The van der Waals surface area contributed by atoms with Gasteiger partial charge in [-0.1, -0.05) is 0 Å². The second-order valence-corrected chi connectivity index (χ2v) is 6.20. The molecule has 0 saturated heterocycles. The van der Waals surface area contributed by atoms with E-state index in [1.807, 2.05) is 0 Å². The molecule has 1 aliphatic heterocycles. The number of fused-ring (bicyclic) bond motifs is 1. The van der Waals surface area contributed by atoms with E-state index in [2.05, 4.69) is 4.98 Å². The highest BCUT2D eigenvalue weighted by Gasteiger charge is 2.22. The highest BCUT2D eigenvalue weighted by molar-refractivity contribution is 5.99. The highest BCUT2D eigenvalue weighted by atomic mass is 16.6. The molecule has 0 spiro atoms. The van der Waals surface area contributed by atoms with Crippen molar-refractivity contribution in [3.05, 3.63) is 46.3 Å². The maximum atomic E-state index is 12.3. The molecule has 0 saturated carbocycles. The van der Waals surface area contributed by atoms with Crippen LogP contribution in [-0.4, -0.2) is 41.7 Å². The third-order valence-electron chi connectivity index (χ3n) is 4.32. The number of benzene rings is 1. The van der Waals surface area contributed by atoms with Gasteiger partial charge in [0.2, 0.25) is 0 Å². The number of hydrogen-bond donors (Lipinski definition) is 2. The van der Waals surface area contributed by atoms with Gasteiger partial charge in [0, 0.05) is 16.8 Å². The fourth-order valence-electron chi connectivity index (χ4n) is 3.10. The van der Waals surface area contributed by atoms with E-state index in [0.29, 0.717) is 47.1 Å². The van der Waals surface area contributed by atoms with Crippen LogP contribution < -0.4 is 9.47 Å². The summed E-state index contributed by atoms with van der Waals surface area (Å²) >= 11 is 0. The van der Waals surface area contributed by atoms with E-state index in [0.717, 1.165) is 0 Å². The summed E-state index contributed by atoms with van der Waals surface area (Å²) in [5, 5.41) is 9.80. The predicted molar refractivity (Wildman–Crippen MR) is 92.9 cm³/mol. The minimum Gasteiger partial charge on any atom is -0.486 e. The Morgan fingerprint density at radius 2 is 1.92 bits per heavy atom. The zero-order valence-corrected chi connectivity index (χ0v) is 14.9. The molecule has 0 unspecified atom stereocenters. The van der Waals surface area contributed by atoms with Crippen LogP contribution in [0, 0.1) is 13.8 Å². The Hall–Kier alpha value is -2.80. The Balaban J connectivity index is 1.68. The maximum absolute atomic E-state index is 12.3. The van der Waals surface area contributed by atoms with Crippen molar-refractivity contribution >= 4 is 11.8 Å². The lowest BCUT2D eigenvalue weighted by Gasteiger charge is -2.18. The summed E-state index contributed by atoms with van der Waals surface area (Å²) < 4.78 is 16.0. The summed E-state index contributed by atoms with van der Waals surface area (Å²) in [5.74, 6) is 0.120. The number of ether oxygens (including phenoxy) is 3. The lowest BCUT2D eigenvalue weighted by atomic mass is 10.1. The first kappa shape index (κ1) is 18.0. The molecule has 1 atom stereocenters. The first-order valence-corrected chi connectivity index (χ1v) is 8.35. The zero-order chi connectivity index (χ0) is 18.8. The maximum Gasteiger partial charge on any atom is 0.355 e. The van der Waals surface area contributed by atoms with Gasteiger partial charge in [0.25, 0.3) is 0 Å². The molecule has 2 heterocycles. The first-order valence-electron chi connectivity index (χ1n) is 8.35. The average molecular weight is 359 g/mol. The van der Waals surface area contributed by atoms with E-state index in [4.69, 9.17) is 14.2 Å². The molecule has 0 radical (unpaired) electrons. The molecule has 2 N–H and O–H groups in total. The predicted octanol–water partition coefficient (Wildman–Crippen LogP) is 2.50. The summed E-state index contributed by atoms with van der Waals surface area (Å²) in [7, 11) is 0. The SMILES string of the molecule is Cc1[nH]c(C(=O)OCC(=O)c2ccc3c(c2)OCCO3)c(C)c1[C@H](C)O. The van der Waals surface area contributed by atoms with Gasteiger partial charge in [0.1, 0.15) is 18.9 Å². The molecular formula is C19H21NO6. The number of carbonyl (C=O) groups is 2. The Kier molecular flexibility index (Phi) is 4.99. The van der Waals surface area contributed by atoms with Crippen molar-refractivity contribution in [2.45, 2.75) is 26.9 Å². The second-order valence-electron chi connectivity index (χ2n) is 6.20. The normalized spacial score (nSPS) is 14.0. The molecule has 0 bridgehead atoms. The number of hydrogen-bond acceptors (Lipinski definition) is 6. The quantitative estimate of drug-likeness (QED) is 0.629. The summed E-state index contributed by atoms with van der Waals surface area (Å²) in [6.07, 6.45) is -0.702. The fourth-order valence-corrected chi connectivity index (χ4v) is 3.10. The van der Waals surface area contributed by atoms with Crippen LogP contribution in [0.1, 0.15) is 50.7 Å². The number of aromatic nitrogens is 1. The minimum absolute atomic E-state index is 0.244.